The Morgan fingerprint density at radius 2 is 2.12 bits per heavy atom. The minimum atomic E-state index is 0.312. The summed E-state index contributed by atoms with van der Waals surface area (Å²) in [6, 6.07) is 8.39. The zero-order chi connectivity index (χ0) is 17.2. The second-order valence-corrected chi connectivity index (χ2v) is 7.05. The fourth-order valence-electron chi connectivity index (χ4n) is 3.93. The maximum atomic E-state index is 12.0. The molecule has 2 aliphatic rings. The predicted octanol–water partition coefficient (Wildman–Crippen LogP) is 2.63. The Morgan fingerprint density at radius 1 is 1.24 bits per heavy atom. The van der Waals surface area contributed by atoms with E-state index in [1.54, 1.807) is 0 Å². The van der Waals surface area contributed by atoms with Crippen molar-refractivity contribution in [2.24, 2.45) is 0 Å². The van der Waals surface area contributed by atoms with Gasteiger partial charge in [0, 0.05) is 31.1 Å². The van der Waals surface area contributed by atoms with Crippen LogP contribution in [0, 0.1) is 6.92 Å². The molecule has 3 heterocycles. The third-order valence-electron chi connectivity index (χ3n) is 5.24. The molecule has 1 amide bonds. The van der Waals surface area contributed by atoms with Crippen molar-refractivity contribution in [3.05, 3.63) is 35.7 Å². The summed E-state index contributed by atoms with van der Waals surface area (Å²) in [5.41, 5.74) is 2.15. The lowest BCUT2D eigenvalue weighted by Gasteiger charge is -2.36. The van der Waals surface area contributed by atoms with Gasteiger partial charge in [-0.3, -0.25) is 9.69 Å². The summed E-state index contributed by atoms with van der Waals surface area (Å²) in [5, 5.41) is 4.14. The average molecular weight is 340 g/mol. The summed E-state index contributed by atoms with van der Waals surface area (Å²) in [6.07, 6.45) is 3.91. The summed E-state index contributed by atoms with van der Waals surface area (Å²) >= 11 is 0. The maximum absolute atomic E-state index is 12.0. The van der Waals surface area contributed by atoms with Gasteiger partial charge in [-0.15, -0.1) is 0 Å². The van der Waals surface area contributed by atoms with Gasteiger partial charge in [-0.05, 0) is 38.3 Å². The first-order valence-corrected chi connectivity index (χ1v) is 9.11. The minimum absolute atomic E-state index is 0.312. The van der Waals surface area contributed by atoms with Crippen molar-refractivity contribution in [1.29, 1.82) is 0 Å². The van der Waals surface area contributed by atoms with Crippen LogP contribution < -0.4 is 0 Å². The number of carbonyl (C=O) groups is 1. The van der Waals surface area contributed by atoms with Crippen LogP contribution in [0.1, 0.15) is 37.1 Å². The molecule has 0 N–H and O–H groups in total. The molecule has 0 bridgehead atoms. The number of hydrogen-bond donors (Lipinski definition) is 0. The van der Waals surface area contributed by atoms with E-state index in [4.69, 9.17) is 4.52 Å². The van der Waals surface area contributed by atoms with E-state index in [1.807, 2.05) is 31.2 Å². The summed E-state index contributed by atoms with van der Waals surface area (Å²) in [5.74, 6) is 1.61. The van der Waals surface area contributed by atoms with Gasteiger partial charge in [-0.25, -0.2) is 0 Å². The van der Waals surface area contributed by atoms with Crippen LogP contribution in [0.4, 0.5) is 0 Å². The summed E-state index contributed by atoms with van der Waals surface area (Å²) < 4.78 is 5.48. The Kier molecular flexibility index (Phi) is 4.53. The van der Waals surface area contributed by atoms with E-state index < -0.39 is 0 Å². The molecule has 0 aliphatic carbocycles. The van der Waals surface area contributed by atoms with Gasteiger partial charge < -0.3 is 9.42 Å². The van der Waals surface area contributed by atoms with Crippen molar-refractivity contribution in [2.75, 3.05) is 19.6 Å². The zero-order valence-electron chi connectivity index (χ0n) is 14.6. The van der Waals surface area contributed by atoms with Crippen molar-refractivity contribution in [3.63, 3.8) is 0 Å². The van der Waals surface area contributed by atoms with Gasteiger partial charge in [-0.1, -0.05) is 29.4 Å². The normalized spacial score (nSPS) is 21.9. The summed E-state index contributed by atoms with van der Waals surface area (Å²) in [6.45, 7) is 5.52. The third-order valence-corrected chi connectivity index (χ3v) is 5.24. The number of carbonyl (C=O) groups excluding carboxylic acids is 1. The molecule has 2 fully saturated rings. The number of aromatic nitrogens is 2. The van der Waals surface area contributed by atoms with E-state index in [0.29, 0.717) is 36.6 Å². The average Bonchev–Trinajstić information content (AvgIpc) is 3.25. The molecular formula is C19H24N4O2. The fourth-order valence-corrected chi connectivity index (χ4v) is 3.93. The van der Waals surface area contributed by atoms with Gasteiger partial charge in [0.1, 0.15) is 0 Å². The Morgan fingerprint density at radius 3 is 2.92 bits per heavy atom. The summed E-state index contributed by atoms with van der Waals surface area (Å²) in [4.78, 5) is 21.0. The zero-order valence-corrected chi connectivity index (χ0v) is 14.6. The van der Waals surface area contributed by atoms with Gasteiger partial charge in [0.15, 0.2) is 0 Å². The number of benzene rings is 1. The SMILES string of the molecule is Cc1ccccc1-c1noc(CN2CCCC(N3CCCC3=O)C2)n1. The van der Waals surface area contributed by atoms with Gasteiger partial charge in [0.25, 0.3) is 0 Å². The molecule has 25 heavy (non-hydrogen) atoms. The Balaban J connectivity index is 1.42. The lowest BCUT2D eigenvalue weighted by Crippen LogP contribution is -2.48. The molecule has 2 aliphatic heterocycles. The molecule has 0 radical (unpaired) electrons. The Bertz CT molecular complexity index is 757. The van der Waals surface area contributed by atoms with Gasteiger partial charge in [-0.2, -0.15) is 4.98 Å². The first-order valence-electron chi connectivity index (χ1n) is 9.11. The highest BCUT2D eigenvalue weighted by Crippen LogP contribution is 2.24. The number of amides is 1. The smallest absolute Gasteiger partial charge is 0.241 e. The molecule has 1 atom stereocenters. The van der Waals surface area contributed by atoms with Crippen LogP contribution in [0.15, 0.2) is 28.8 Å². The number of rotatable bonds is 4. The van der Waals surface area contributed by atoms with Crippen molar-refractivity contribution >= 4 is 5.91 Å². The maximum Gasteiger partial charge on any atom is 0.241 e. The van der Waals surface area contributed by atoms with Crippen molar-refractivity contribution < 1.29 is 9.32 Å². The second-order valence-electron chi connectivity index (χ2n) is 7.05. The fraction of sp³-hybridized carbons (Fsp3) is 0.526. The van der Waals surface area contributed by atoms with Crippen LogP contribution in [-0.4, -0.2) is 51.5 Å². The second kappa shape index (κ2) is 6.96. The highest BCUT2D eigenvalue weighted by Gasteiger charge is 2.31. The molecule has 0 spiro atoms. The van der Waals surface area contributed by atoms with E-state index >= 15 is 0 Å². The number of likely N-dealkylation sites (tertiary alicyclic amines) is 2. The molecule has 132 valence electrons. The molecule has 0 saturated carbocycles. The molecule has 4 rings (SSSR count). The standard InChI is InChI=1S/C19H24N4O2/c1-14-6-2-3-8-16(14)19-20-17(25-21-19)13-22-10-4-7-15(12-22)23-11-5-9-18(23)24/h2-3,6,8,15H,4-5,7,9-13H2,1H3. The Hall–Kier alpha value is -2.21. The summed E-state index contributed by atoms with van der Waals surface area (Å²) in [7, 11) is 0. The monoisotopic (exact) mass is 340 g/mol. The van der Waals surface area contributed by atoms with Gasteiger partial charge >= 0.3 is 0 Å². The topological polar surface area (TPSA) is 62.5 Å². The lowest BCUT2D eigenvalue weighted by molar-refractivity contribution is -0.130. The van der Waals surface area contributed by atoms with Crippen molar-refractivity contribution in [1.82, 2.24) is 19.9 Å². The minimum Gasteiger partial charge on any atom is -0.338 e. The van der Waals surface area contributed by atoms with E-state index in [0.717, 1.165) is 50.0 Å². The van der Waals surface area contributed by atoms with E-state index in [2.05, 4.69) is 19.9 Å². The van der Waals surface area contributed by atoms with Gasteiger partial charge in [0.2, 0.25) is 17.6 Å². The number of nitrogens with zero attached hydrogens (tertiary/aromatic N) is 4. The van der Waals surface area contributed by atoms with Crippen LogP contribution in [0.25, 0.3) is 11.4 Å². The van der Waals surface area contributed by atoms with Crippen molar-refractivity contribution in [2.45, 2.75) is 45.2 Å². The molecule has 2 saturated heterocycles. The number of hydrogen-bond acceptors (Lipinski definition) is 5. The predicted molar refractivity (Wildman–Crippen MR) is 93.7 cm³/mol. The largest absolute Gasteiger partial charge is 0.338 e. The van der Waals surface area contributed by atoms with Crippen LogP contribution in [0.2, 0.25) is 0 Å². The highest BCUT2D eigenvalue weighted by molar-refractivity contribution is 5.78. The van der Waals surface area contributed by atoms with Gasteiger partial charge in [0.05, 0.1) is 6.54 Å². The highest BCUT2D eigenvalue weighted by atomic mass is 16.5. The van der Waals surface area contributed by atoms with Crippen LogP contribution in [-0.2, 0) is 11.3 Å². The molecule has 1 aromatic heterocycles. The quantitative estimate of drug-likeness (QED) is 0.856. The van der Waals surface area contributed by atoms with Crippen LogP contribution >= 0.6 is 0 Å². The van der Waals surface area contributed by atoms with Crippen molar-refractivity contribution in [3.8, 4) is 11.4 Å². The molecule has 1 aromatic carbocycles. The molecular weight excluding hydrogens is 316 g/mol. The number of piperidine rings is 1. The number of aryl methyl sites for hydroxylation is 1. The first-order chi connectivity index (χ1) is 12.2. The first kappa shape index (κ1) is 16.3. The van der Waals surface area contributed by atoms with E-state index in [9.17, 15) is 4.79 Å². The molecule has 6 heteroatoms. The van der Waals surface area contributed by atoms with Crippen LogP contribution in [0.3, 0.4) is 0 Å². The molecule has 1 unspecified atom stereocenters. The molecule has 6 nitrogen and oxygen atoms in total. The third kappa shape index (κ3) is 3.44. The van der Waals surface area contributed by atoms with E-state index in [-0.39, 0.29) is 0 Å². The van der Waals surface area contributed by atoms with E-state index in [1.165, 1.54) is 0 Å². The Labute approximate surface area is 147 Å². The lowest BCUT2D eigenvalue weighted by atomic mass is 10.0. The van der Waals surface area contributed by atoms with Crippen LogP contribution in [0.5, 0.6) is 0 Å². The molecule has 2 aromatic rings.